The molecule has 2 heteroatoms. The summed E-state index contributed by atoms with van der Waals surface area (Å²) in [4.78, 5) is 0. The van der Waals surface area contributed by atoms with Gasteiger partial charge in [-0.05, 0) is 26.3 Å². The lowest BCUT2D eigenvalue weighted by Crippen LogP contribution is -2.37. The van der Waals surface area contributed by atoms with Crippen molar-refractivity contribution in [3.05, 3.63) is 0 Å². The van der Waals surface area contributed by atoms with Crippen LogP contribution in [0.2, 0.25) is 0 Å². The SMILES string of the molecule is CN[C@@H](CC1CCCCC1)C(C)O. The number of aliphatic hydroxyl groups is 1. The number of nitrogens with one attached hydrogen (secondary N) is 1. The van der Waals surface area contributed by atoms with Crippen molar-refractivity contribution < 1.29 is 5.11 Å². The summed E-state index contributed by atoms with van der Waals surface area (Å²) in [7, 11) is 1.94. The Morgan fingerprint density at radius 2 is 1.92 bits per heavy atom. The van der Waals surface area contributed by atoms with E-state index in [0.717, 1.165) is 12.3 Å². The molecule has 0 aromatic carbocycles. The molecular weight excluding hydrogens is 162 g/mol. The summed E-state index contributed by atoms with van der Waals surface area (Å²) < 4.78 is 0. The van der Waals surface area contributed by atoms with Crippen molar-refractivity contribution in [2.75, 3.05) is 7.05 Å². The Bertz CT molecular complexity index is 130. The van der Waals surface area contributed by atoms with Crippen LogP contribution in [0.3, 0.4) is 0 Å². The lowest BCUT2D eigenvalue weighted by atomic mass is 9.84. The van der Waals surface area contributed by atoms with Gasteiger partial charge >= 0.3 is 0 Å². The van der Waals surface area contributed by atoms with Crippen LogP contribution in [0.25, 0.3) is 0 Å². The summed E-state index contributed by atoms with van der Waals surface area (Å²) >= 11 is 0. The molecule has 2 N–H and O–H groups in total. The first-order valence-corrected chi connectivity index (χ1v) is 5.59. The fourth-order valence-corrected chi connectivity index (χ4v) is 2.34. The van der Waals surface area contributed by atoms with Gasteiger partial charge in [0.15, 0.2) is 0 Å². The second kappa shape index (κ2) is 5.61. The molecule has 1 fully saturated rings. The highest BCUT2D eigenvalue weighted by atomic mass is 16.3. The van der Waals surface area contributed by atoms with Crippen LogP contribution in [0.5, 0.6) is 0 Å². The van der Waals surface area contributed by atoms with Crippen LogP contribution < -0.4 is 5.32 Å². The van der Waals surface area contributed by atoms with Crippen LogP contribution in [0.15, 0.2) is 0 Å². The molecule has 1 rings (SSSR count). The van der Waals surface area contributed by atoms with Gasteiger partial charge in [-0.15, -0.1) is 0 Å². The highest BCUT2D eigenvalue weighted by Gasteiger charge is 2.20. The van der Waals surface area contributed by atoms with E-state index in [1.165, 1.54) is 32.1 Å². The summed E-state index contributed by atoms with van der Waals surface area (Å²) in [6.07, 6.45) is 7.85. The van der Waals surface area contributed by atoms with E-state index >= 15 is 0 Å². The van der Waals surface area contributed by atoms with Crippen LogP contribution in [0.1, 0.15) is 45.4 Å². The lowest BCUT2D eigenvalue weighted by molar-refractivity contribution is 0.128. The van der Waals surface area contributed by atoms with Gasteiger partial charge in [-0.3, -0.25) is 0 Å². The van der Waals surface area contributed by atoms with Crippen molar-refractivity contribution in [3.63, 3.8) is 0 Å². The smallest absolute Gasteiger partial charge is 0.0665 e. The van der Waals surface area contributed by atoms with E-state index in [1.54, 1.807) is 0 Å². The molecule has 1 saturated carbocycles. The zero-order valence-electron chi connectivity index (χ0n) is 8.92. The van der Waals surface area contributed by atoms with Gasteiger partial charge in [-0.1, -0.05) is 32.1 Å². The third-order valence-corrected chi connectivity index (χ3v) is 3.27. The van der Waals surface area contributed by atoms with E-state index in [4.69, 9.17) is 0 Å². The minimum atomic E-state index is -0.216. The van der Waals surface area contributed by atoms with Crippen LogP contribution >= 0.6 is 0 Å². The first-order valence-electron chi connectivity index (χ1n) is 5.59. The van der Waals surface area contributed by atoms with E-state index in [0.29, 0.717) is 6.04 Å². The first-order chi connectivity index (χ1) is 6.24. The molecule has 78 valence electrons. The third kappa shape index (κ3) is 3.65. The minimum Gasteiger partial charge on any atom is -0.392 e. The third-order valence-electron chi connectivity index (χ3n) is 3.27. The average molecular weight is 185 g/mol. The van der Waals surface area contributed by atoms with E-state index in [1.807, 2.05) is 14.0 Å². The topological polar surface area (TPSA) is 32.3 Å². The lowest BCUT2D eigenvalue weighted by Gasteiger charge is -2.27. The summed E-state index contributed by atoms with van der Waals surface area (Å²) in [6.45, 7) is 1.88. The molecule has 0 saturated heterocycles. The zero-order chi connectivity index (χ0) is 9.68. The predicted molar refractivity (Wildman–Crippen MR) is 55.7 cm³/mol. The Hall–Kier alpha value is -0.0800. The van der Waals surface area contributed by atoms with Gasteiger partial charge in [-0.2, -0.15) is 0 Å². The highest BCUT2D eigenvalue weighted by Crippen LogP contribution is 2.27. The molecule has 2 atom stereocenters. The monoisotopic (exact) mass is 185 g/mol. The standard InChI is InChI=1S/C11H23NO/c1-9(13)11(12-2)8-10-6-4-3-5-7-10/h9-13H,3-8H2,1-2H3/t9?,11-/m0/s1. The van der Waals surface area contributed by atoms with Crippen molar-refractivity contribution in [2.45, 2.75) is 57.6 Å². The maximum atomic E-state index is 9.48. The van der Waals surface area contributed by atoms with Crippen LogP contribution in [0, 0.1) is 5.92 Å². The Balaban J connectivity index is 2.27. The normalized spacial score (nSPS) is 24.2. The molecule has 0 amide bonds. The number of likely N-dealkylation sites (N-methyl/N-ethyl adjacent to an activating group) is 1. The van der Waals surface area contributed by atoms with Crippen molar-refractivity contribution >= 4 is 0 Å². The van der Waals surface area contributed by atoms with Crippen molar-refractivity contribution in [1.82, 2.24) is 5.32 Å². The van der Waals surface area contributed by atoms with E-state index in [-0.39, 0.29) is 6.10 Å². The molecule has 0 bridgehead atoms. The number of rotatable bonds is 4. The molecule has 1 aliphatic rings. The van der Waals surface area contributed by atoms with Crippen molar-refractivity contribution in [2.24, 2.45) is 5.92 Å². The Labute approximate surface area is 81.7 Å². The predicted octanol–water partition coefficient (Wildman–Crippen LogP) is 1.93. The quantitative estimate of drug-likeness (QED) is 0.701. The van der Waals surface area contributed by atoms with Crippen molar-refractivity contribution in [1.29, 1.82) is 0 Å². The van der Waals surface area contributed by atoms with Crippen LogP contribution in [0.4, 0.5) is 0 Å². The molecule has 0 aromatic rings. The van der Waals surface area contributed by atoms with Gasteiger partial charge in [0.2, 0.25) is 0 Å². The van der Waals surface area contributed by atoms with Crippen LogP contribution in [-0.2, 0) is 0 Å². The molecule has 0 radical (unpaired) electrons. The Morgan fingerprint density at radius 1 is 1.31 bits per heavy atom. The van der Waals surface area contributed by atoms with E-state index in [2.05, 4.69) is 5.32 Å². The molecule has 2 nitrogen and oxygen atoms in total. The molecular formula is C11H23NO. The molecule has 0 aromatic heterocycles. The van der Waals surface area contributed by atoms with Crippen molar-refractivity contribution in [3.8, 4) is 0 Å². The molecule has 0 spiro atoms. The largest absolute Gasteiger partial charge is 0.392 e. The summed E-state index contributed by atoms with van der Waals surface area (Å²) in [5.74, 6) is 0.848. The first kappa shape index (κ1) is 11.0. The average Bonchev–Trinajstić information content (AvgIpc) is 2.15. The summed E-state index contributed by atoms with van der Waals surface area (Å²) in [5.41, 5.74) is 0. The number of aliphatic hydroxyl groups excluding tert-OH is 1. The second-order valence-electron chi connectivity index (χ2n) is 4.38. The summed E-state index contributed by atoms with van der Waals surface area (Å²) in [6, 6.07) is 0.295. The van der Waals surface area contributed by atoms with Gasteiger partial charge in [-0.25, -0.2) is 0 Å². The fraction of sp³-hybridized carbons (Fsp3) is 1.00. The minimum absolute atomic E-state index is 0.216. The van der Waals surface area contributed by atoms with Gasteiger partial charge < -0.3 is 10.4 Å². The van der Waals surface area contributed by atoms with Gasteiger partial charge in [0.25, 0.3) is 0 Å². The second-order valence-corrected chi connectivity index (χ2v) is 4.38. The Morgan fingerprint density at radius 3 is 2.38 bits per heavy atom. The molecule has 0 aliphatic heterocycles. The van der Waals surface area contributed by atoms with E-state index < -0.39 is 0 Å². The van der Waals surface area contributed by atoms with Gasteiger partial charge in [0, 0.05) is 6.04 Å². The maximum Gasteiger partial charge on any atom is 0.0665 e. The number of hydrogen-bond acceptors (Lipinski definition) is 2. The highest BCUT2D eigenvalue weighted by molar-refractivity contribution is 4.76. The van der Waals surface area contributed by atoms with Gasteiger partial charge in [0.05, 0.1) is 6.10 Å². The number of hydrogen-bond donors (Lipinski definition) is 2. The molecule has 13 heavy (non-hydrogen) atoms. The Kier molecular flexibility index (Phi) is 4.74. The fourth-order valence-electron chi connectivity index (χ4n) is 2.34. The zero-order valence-corrected chi connectivity index (χ0v) is 8.92. The molecule has 1 aliphatic carbocycles. The molecule has 0 heterocycles. The molecule has 1 unspecified atom stereocenters. The van der Waals surface area contributed by atoms with E-state index in [9.17, 15) is 5.11 Å². The summed E-state index contributed by atoms with van der Waals surface area (Å²) in [5, 5.41) is 12.7. The van der Waals surface area contributed by atoms with Crippen LogP contribution in [-0.4, -0.2) is 24.3 Å². The van der Waals surface area contributed by atoms with Gasteiger partial charge in [0.1, 0.15) is 0 Å². The maximum absolute atomic E-state index is 9.48.